The molecule has 0 spiro atoms. The van der Waals surface area contributed by atoms with E-state index in [9.17, 15) is 13.2 Å². The summed E-state index contributed by atoms with van der Waals surface area (Å²) in [5, 5.41) is 3.27. The molecule has 1 heterocycles. The average Bonchev–Trinajstić information content (AvgIpc) is 3.08. The highest BCUT2D eigenvalue weighted by Crippen LogP contribution is 2.30. The average molecular weight is 460 g/mol. The van der Waals surface area contributed by atoms with Gasteiger partial charge in [-0.05, 0) is 48.6 Å². The van der Waals surface area contributed by atoms with E-state index in [-0.39, 0.29) is 22.6 Å². The lowest BCUT2D eigenvalue weighted by molar-refractivity contribution is 0.102. The number of aryl methyl sites for hydroxylation is 1. The van der Waals surface area contributed by atoms with Crippen molar-refractivity contribution in [3.05, 3.63) is 53.6 Å². The van der Waals surface area contributed by atoms with Crippen LogP contribution in [0.4, 0.5) is 5.13 Å². The van der Waals surface area contributed by atoms with Gasteiger partial charge in [0.1, 0.15) is 0 Å². The SMILES string of the molecule is Cc1ccccc1C(=O)Nc1nc2ccc(S(=O)(=O)N(CC(C)C)CC(C)C)cc2s1. The minimum absolute atomic E-state index is 0.226. The van der Waals surface area contributed by atoms with Gasteiger partial charge in [-0.25, -0.2) is 13.4 Å². The molecular weight excluding hydrogens is 430 g/mol. The number of thiazole rings is 1. The lowest BCUT2D eigenvalue weighted by Crippen LogP contribution is -2.37. The fourth-order valence-electron chi connectivity index (χ4n) is 3.35. The summed E-state index contributed by atoms with van der Waals surface area (Å²) < 4.78 is 28.9. The molecule has 3 aromatic rings. The molecule has 8 heteroatoms. The van der Waals surface area contributed by atoms with Gasteiger partial charge >= 0.3 is 0 Å². The second-order valence-electron chi connectivity index (χ2n) is 8.53. The fraction of sp³-hybridized carbons (Fsp3) is 0.391. The summed E-state index contributed by atoms with van der Waals surface area (Å²) in [5.41, 5.74) is 2.12. The highest BCUT2D eigenvalue weighted by Gasteiger charge is 2.26. The highest BCUT2D eigenvalue weighted by molar-refractivity contribution is 7.89. The number of hydrogen-bond donors (Lipinski definition) is 1. The predicted molar refractivity (Wildman–Crippen MR) is 127 cm³/mol. The number of carbonyl (C=O) groups is 1. The molecule has 0 unspecified atom stereocenters. The Morgan fingerprint density at radius 2 is 1.71 bits per heavy atom. The van der Waals surface area contributed by atoms with Crippen molar-refractivity contribution in [1.29, 1.82) is 0 Å². The van der Waals surface area contributed by atoms with Crippen molar-refractivity contribution in [2.24, 2.45) is 11.8 Å². The van der Waals surface area contributed by atoms with Crippen LogP contribution in [0.5, 0.6) is 0 Å². The van der Waals surface area contributed by atoms with Gasteiger partial charge in [-0.15, -0.1) is 0 Å². The van der Waals surface area contributed by atoms with E-state index in [1.165, 1.54) is 11.3 Å². The molecule has 1 N–H and O–H groups in total. The molecule has 0 saturated carbocycles. The maximum Gasteiger partial charge on any atom is 0.257 e. The molecule has 1 amide bonds. The maximum absolute atomic E-state index is 13.3. The van der Waals surface area contributed by atoms with E-state index < -0.39 is 10.0 Å². The fourth-order valence-corrected chi connectivity index (χ4v) is 6.11. The molecular formula is C23H29N3O3S2. The van der Waals surface area contributed by atoms with Crippen molar-refractivity contribution in [3.63, 3.8) is 0 Å². The lowest BCUT2D eigenvalue weighted by Gasteiger charge is -2.25. The number of anilines is 1. The van der Waals surface area contributed by atoms with Crippen LogP contribution < -0.4 is 5.32 Å². The van der Waals surface area contributed by atoms with Crippen LogP contribution in [0, 0.1) is 18.8 Å². The number of carbonyl (C=O) groups excluding carboxylic acids is 1. The zero-order chi connectivity index (χ0) is 22.8. The van der Waals surface area contributed by atoms with Crippen molar-refractivity contribution in [2.45, 2.75) is 39.5 Å². The molecule has 0 fully saturated rings. The first kappa shape index (κ1) is 23.4. The minimum Gasteiger partial charge on any atom is -0.298 e. The van der Waals surface area contributed by atoms with Gasteiger partial charge in [-0.3, -0.25) is 10.1 Å². The van der Waals surface area contributed by atoms with E-state index >= 15 is 0 Å². The van der Waals surface area contributed by atoms with E-state index in [4.69, 9.17) is 0 Å². The van der Waals surface area contributed by atoms with E-state index in [0.717, 1.165) is 10.3 Å². The van der Waals surface area contributed by atoms with Crippen LogP contribution in [-0.4, -0.2) is 36.7 Å². The van der Waals surface area contributed by atoms with Crippen molar-refractivity contribution in [3.8, 4) is 0 Å². The van der Waals surface area contributed by atoms with Crippen LogP contribution >= 0.6 is 11.3 Å². The van der Waals surface area contributed by atoms with Gasteiger partial charge in [0.05, 0.1) is 15.1 Å². The topological polar surface area (TPSA) is 79.4 Å². The van der Waals surface area contributed by atoms with E-state index in [2.05, 4.69) is 10.3 Å². The molecule has 31 heavy (non-hydrogen) atoms. The Balaban J connectivity index is 1.89. The number of sulfonamides is 1. The number of amides is 1. The second kappa shape index (κ2) is 9.46. The molecule has 0 aliphatic heterocycles. The monoisotopic (exact) mass is 459 g/mol. The summed E-state index contributed by atoms with van der Waals surface area (Å²) in [5.74, 6) is 0.220. The number of rotatable bonds is 8. The van der Waals surface area contributed by atoms with Gasteiger partial charge in [-0.2, -0.15) is 4.31 Å². The van der Waals surface area contributed by atoms with Crippen LogP contribution in [0.25, 0.3) is 10.2 Å². The lowest BCUT2D eigenvalue weighted by atomic mass is 10.1. The smallest absolute Gasteiger partial charge is 0.257 e. The molecule has 3 rings (SSSR count). The Hall–Kier alpha value is -2.29. The summed E-state index contributed by atoms with van der Waals surface area (Å²) in [6.45, 7) is 10.9. The zero-order valence-electron chi connectivity index (χ0n) is 18.5. The minimum atomic E-state index is -3.62. The van der Waals surface area contributed by atoms with Gasteiger partial charge in [-0.1, -0.05) is 57.2 Å². The third-order valence-corrected chi connectivity index (χ3v) is 7.51. The van der Waals surface area contributed by atoms with Gasteiger partial charge in [0.2, 0.25) is 10.0 Å². The summed E-state index contributed by atoms with van der Waals surface area (Å²) in [7, 11) is -3.62. The Morgan fingerprint density at radius 3 is 2.32 bits per heavy atom. The Bertz CT molecular complexity index is 1170. The third-order valence-electron chi connectivity index (χ3n) is 4.75. The maximum atomic E-state index is 13.3. The first-order valence-electron chi connectivity index (χ1n) is 10.4. The van der Waals surface area contributed by atoms with E-state index in [0.29, 0.717) is 29.3 Å². The summed E-state index contributed by atoms with van der Waals surface area (Å²) in [4.78, 5) is 17.3. The van der Waals surface area contributed by atoms with Crippen molar-refractivity contribution in [1.82, 2.24) is 9.29 Å². The Labute approximate surface area is 188 Å². The van der Waals surface area contributed by atoms with E-state index in [1.807, 2.05) is 52.8 Å². The molecule has 6 nitrogen and oxygen atoms in total. The molecule has 2 aromatic carbocycles. The molecule has 0 bridgehead atoms. The molecule has 0 aliphatic carbocycles. The molecule has 166 valence electrons. The molecule has 0 aliphatic rings. The molecule has 0 radical (unpaired) electrons. The second-order valence-corrected chi connectivity index (χ2v) is 11.5. The molecule has 0 saturated heterocycles. The standard InChI is InChI=1S/C23H29N3O3S2/c1-15(2)13-26(14-16(3)4)31(28,29)18-10-11-20-21(12-18)30-23(24-20)25-22(27)19-9-7-6-8-17(19)5/h6-12,15-16H,13-14H2,1-5H3,(H,24,25,27). The molecule has 1 aromatic heterocycles. The highest BCUT2D eigenvalue weighted by atomic mass is 32.2. The number of nitrogens with zero attached hydrogens (tertiary/aromatic N) is 2. The summed E-state index contributed by atoms with van der Waals surface area (Å²) in [6.07, 6.45) is 0. The number of fused-ring (bicyclic) bond motifs is 1. The van der Waals surface area contributed by atoms with Crippen molar-refractivity contribution < 1.29 is 13.2 Å². The normalized spacial score (nSPS) is 12.3. The third kappa shape index (κ3) is 5.50. The number of aromatic nitrogens is 1. The summed E-state index contributed by atoms with van der Waals surface area (Å²) >= 11 is 1.27. The number of benzene rings is 2. The van der Waals surface area contributed by atoms with Gasteiger partial charge < -0.3 is 0 Å². The van der Waals surface area contributed by atoms with Crippen LogP contribution in [0.2, 0.25) is 0 Å². The Kier molecular flexibility index (Phi) is 7.13. The van der Waals surface area contributed by atoms with Crippen molar-refractivity contribution >= 4 is 42.6 Å². The first-order valence-corrected chi connectivity index (χ1v) is 12.6. The predicted octanol–water partition coefficient (Wildman–Crippen LogP) is 5.16. The first-order chi connectivity index (χ1) is 14.6. The number of nitrogens with one attached hydrogen (secondary N) is 1. The van der Waals surface area contributed by atoms with Crippen LogP contribution in [0.3, 0.4) is 0 Å². The van der Waals surface area contributed by atoms with Crippen LogP contribution in [0.15, 0.2) is 47.4 Å². The van der Waals surface area contributed by atoms with Crippen LogP contribution in [0.1, 0.15) is 43.6 Å². The van der Waals surface area contributed by atoms with E-state index in [1.54, 1.807) is 28.6 Å². The quantitative estimate of drug-likeness (QED) is 0.505. The zero-order valence-corrected chi connectivity index (χ0v) is 20.2. The number of hydrogen-bond acceptors (Lipinski definition) is 5. The summed E-state index contributed by atoms with van der Waals surface area (Å²) in [6, 6.07) is 12.3. The largest absolute Gasteiger partial charge is 0.298 e. The van der Waals surface area contributed by atoms with Gasteiger partial charge in [0.15, 0.2) is 5.13 Å². The van der Waals surface area contributed by atoms with Gasteiger partial charge in [0.25, 0.3) is 5.91 Å². The van der Waals surface area contributed by atoms with Gasteiger partial charge in [0, 0.05) is 18.7 Å². The van der Waals surface area contributed by atoms with Crippen LogP contribution in [-0.2, 0) is 10.0 Å². The van der Waals surface area contributed by atoms with Crippen molar-refractivity contribution in [2.75, 3.05) is 18.4 Å². The molecule has 0 atom stereocenters. The Morgan fingerprint density at radius 1 is 1.06 bits per heavy atom.